The van der Waals surface area contributed by atoms with E-state index in [2.05, 4.69) is 9.36 Å². The Morgan fingerprint density at radius 1 is 1.26 bits per heavy atom. The van der Waals surface area contributed by atoms with Gasteiger partial charge >= 0.3 is 5.97 Å². The maximum Gasteiger partial charge on any atom is 0.356 e. The van der Waals surface area contributed by atoms with Crippen LogP contribution in [0.4, 0.5) is 0 Å². The Morgan fingerprint density at radius 3 is 2.81 bits per heavy atom. The molecule has 3 aromatic rings. The predicted octanol–water partition coefficient (Wildman–Crippen LogP) is 3.43. The fourth-order valence-electron chi connectivity index (χ4n) is 2.96. The zero-order valence-corrected chi connectivity index (χ0v) is 16.0. The number of hydrogen-bond donors (Lipinski definition) is 1. The van der Waals surface area contributed by atoms with Gasteiger partial charge in [-0.15, -0.1) is 0 Å². The van der Waals surface area contributed by atoms with Gasteiger partial charge in [-0.1, -0.05) is 11.3 Å². The van der Waals surface area contributed by atoms with Gasteiger partial charge in [-0.05, 0) is 54.6 Å². The highest BCUT2D eigenvalue weighted by Gasteiger charge is 2.30. The van der Waals surface area contributed by atoms with Crippen LogP contribution < -0.4 is 10.5 Å². The molecule has 0 bridgehead atoms. The van der Waals surface area contributed by atoms with Crippen molar-refractivity contribution in [2.75, 3.05) is 6.61 Å². The van der Waals surface area contributed by atoms with Crippen LogP contribution in [0.15, 0.2) is 24.5 Å². The summed E-state index contributed by atoms with van der Waals surface area (Å²) in [6, 6.07) is 3.19. The first-order valence-corrected chi connectivity index (χ1v) is 9.88. The molecule has 0 spiro atoms. The molecule has 27 heavy (non-hydrogen) atoms. The SMILES string of the molecule is CCOC(=O)c1ccc(Oc2sc(C(N)=O)c3c2-c2sncc2CC3)cn1. The number of carbonyl (C=O) groups is 2. The van der Waals surface area contributed by atoms with Crippen molar-refractivity contribution in [1.29, 1.82) is 0 Å². The van der Waals surface area contributed by atoms with Crippen LogP contribution in [0, 0.1) is 0 Å². The topological polar surface area (TPSA) is 104 Å². The highest BCUT2D eigenvalue weighted by molar-refractivity contribution is 7.17. The van der Waals surface area contributed by atoms with Crippen molar-refractivity contribution in [2.24, 2.45) is 5.73 Å². The van der Waals surface area contributed by atoms with E-state index in [1.165, 1.54) is 29.1 Å². The molecule has 4 rings (SSSR count). The second-order valence-electron chi connectivity index (χ2n) is 5.82. The lowest BCUT2D eigenvalue weighted by Crippen LogP contribution is -2.12. The second kappa shape index (κ2) is 7.09. The molecule has 3 heterocycles. The molecule has 0 aliphatic heterocycles. The molecule has 0 radical (unpaired) electrons. The second-order valence-corrected chi connectivity index (χ2v) is 7.60. The van der Waals surface area contributed by atoms with Gasteiger partial charge in [0.2, 0.25) is 0 Å². The third-order valence-electron chi connectivity index (χ3n) is 4.15. The molecule has 1 amide bonds. The minimum Gasteiger partial charge on any atom is -0.461 e. The third kappa shape index (κ3) is 3.19. The van der Waals surface area contributed by atoms with Crippen LogP contribution in [0.3, 0.4) is 0 Å². The number of rotatable bonds is 5. The van der Waals surface area contributed by atoms with E-state index in [-0.39, 0.29) is 12.3 Å². The van der Waals surface area contributed by atoms with Gasteiger partial charge in [0.15, 0.2) is 5.06 Å². The van der Waals surface area contributed by atoms with Gasteiger partial charge < -0.3 is 15.2 Å². The van der Waals surface area contributed by atoms with Crippen LogP contribution in [-0.2, 0) is 17.6 Å². The van der Waals surface area contributed by atoms with Gasteiger partial charge in [0.25, 0.3) is 5.91 Å². The highest BCUT2D eigenvalue weighted by atomic mass is 32.1. The summed E-state index contributed by atoms with van der Waals surface area (Å²) >= 11 is 2.60. The van der Waals surface area contributed by atoms with Crippen molar-refractivity contribution in [3.05, 3.63) is 46.2 Å². The van der Waals surface area contributed by atoms with Crippen molar-refractivity contribution in [3.63, 3.8) is 0 Å². The van der Waals surface area contributed by atoms with Crippen LogP contribution in [0.1, 0.15) is 38.2 Å². The summed E-state index contributed by atoms with van der Waals surface area (Å²) in [5.41, 5.74) is 8.70. The van der Waals surface area contributed by atoms with E-state index in [0.717, 1.165) is 34.4 Å². The Bertz CT molecular complexity index is 1020. The Balaban J connectivity index is 1.69. The number of hydrogen-bond acceptors (Lipinski definition) is 8. The molecule has 0 aromatic carbocycles. The monoisotopic (exact) mass is 401 g/mol. The van der Waals surface area contributed by atoms with E-state index < -0.39 is 11.9 Å². The third-order valence-corrected chi connectivity index (χ3v) is 6.13. The normalized spacial score (nSPS) is 12.2. The maximum absolute atomic E-state index is 11.9. The van der Waals surface area contributed by atoms with Gasteiger partial charge in [0.05, 0.1) is 28.1 Å². The standard InChI is InChI=1S/C18H15N3O4S2/c1-2-24-17(23)12-6-4-10(8-20-12)25-18-13-11(15(26-18)16(19)22)5-3-9-7-21-27-14(9)13/h4,6-8H,2-3,5H2,1H3,(H2,19,22). The number of primary amides is 1. The number of ether oxygens (including phenoxy) is 2. The largest absolute Gasteiger partial charge is 0.461 e. The molecular formula is C18H15N3O4S2. The molecule has 7 nitrogen and oxygen atoms in total. The summed E-state index contributed by atoms with van der Waals surface area (Å²) in [5.74, 6) is -0.488. The van der Waals surface area contributed by atoms with Crippen LogP contribution >= 0.6 is 22.9 Å². The maximum atomic E-state index is 11.9. The zero-order chi connectivity index (χ0) is 19.0. The molecular weight excluding hydrogens is 386 g/mol. The van der Waals surface area contributed by atoms with Crippen LogP contribution in [0.5, 0.6) is 10.8 Å². The molecule has 1 aliphatic carbocycles. The Labute approximate surface area is 162 Å². The Kier molecular flexibility index (Phi) is 4.63. The van der Waals surface area contributed by atoms with E-state index in [1.807, 2.05) is 6.20 Å². The summed E-state index contributed by atoms with van der Waals surface area (Å²) in [6.45, 7) is 2.02. The molecule has 138 valence electrons. The number of carbonyl (C=O) groups excluding carboxylic acids is 2. The van der Waals surface area contributed by atoms with Crippen LogP contribution in [0.25, 0.3) is 10.4 Å². The van der Waals surface area contributed by atoms with Crippen LogP contribution in [-0.4, -0.2) is 27.8 Å². The molecule has 2 N–H and O–H groups in total. The fourth-order valence-corrected chi connectivity index (χ4v) is 4.97. The van der Waals surface area contributed by atoms with Gasteiger partial charge in [0.1, 0.15) is 11.4 Å². The summed E-state index contributed by atoms with van der Waals surface area (Å²) in [6.07, 6.45) is 4.85. The number of thiophene rings is 1. The average molecular weight is 401 g/mol. The minimum atomic E-state index is -0.483. The van der Waals surface area contributed by atoms with Crippen molar-refractivity contribution in [2.45, 2.75) is 19.8 Å². The summed E-state index contributed by atoms with van der Waals surface area (Å²) in [7, 11) is 0. The lowest BCUT2D eigenvalue weighted by Gasteiger charge is -2.14. The molecule has 0 saturated heterocycles. The van der Waals surface area contributed by atoms with Crippen molar-refractivity contribution >= 4 is 34.7 Å². The Morgan fingerprint density at radius 2 is 2.11 bits per heavy atom. The van der Waals surface area contributed by atoms with Crippen molar-refractivity contribution in [1.82, 2.24) is 9.36 Å². The van der Waals surface area contributed by atoms with Crippen molar-refractivity contribution < 1.29 is 19.1 Å². The highest BCUT2D eigenvalue weighted by Crippen LogP contribution is 2.49. The predicted molar refractivity (Wildman–Crippen MR) is 102 cm³/mol. The van der Waals surface area contributed by atoms with Gasteiger partial charge in [-0.3, -0.25) is 4.79 Å². The number of fused-ring (bicyclic) bond motifs is 3. The molecule has 9 heteroatoms. The molecule has 3 aromatic heterocycles. The number of nitrogens with two attached hydrogens (primary N) is 1. The number of amides is 1. The molecule has 0 saturated carbocycles. The van der Waals surface area contributed by atoms with E-state index >= 15 is 0 Å². The first-order chi connectivity index (χ1) is 13.1. The molecule has 0 unspecified atom stereocenters. The Hall–Kier alpha value is -2.78. The van der Waals surface area contributed by atoms with Gasteiger partial charge in [0, 0.05) is 6.20 Å². The summed E-state index contributed by atoms with van der Waals surface area (Å²) < 4.78 is 15.2. The van der Waals surface area contributed by atoms with Crippen LogP contribution in [0.2, 0.25) is 0 Å². The van der Waals surface area contributed by atoms with Gasteiger partial charge in [-0.2, -0.15) is 0 Å². The van der Waals surface area contributed by atoms with E-state index in [1.54, 1.807) is 19.1 Å². The van der Waals surface area contributed by atoms with E-state index in [4.69, 9.17) is 15.2 Å². The minimum absolute atomic E-state index is 0.208. The summed E-state index contributed by atoms with van der Waals surface area (Å²) in [5, 5.41) is 0.578. The van der Waals surface area contributed by atoms with Gasteiger partial charge in [-0.25, -0.2) is 14.2 Å². The first-order valence-electron chi connectivity index (χ1n) is 8.29. The number of pyridine rings is 1. The first kappa shape index (κ1) is 17.6. The average Bonchev–Trinajstić information content (AvgIpc) is 3.26. The number of aryl methyl sites for hydroxylation is 1. The molecule has 0 fully saturated rings. The van der Waals surface area contributed by atoms with E-state index in [9.17, 15) is 9.59 Å². The number of esters is 1. The lowest BCUT2D eigenvalue weighted by atomic mass is 9.93. The molecule has 0 atom stereocenters. The fraction of sp³-hybridized carbons (Fsp3) is 0.222. The zero-order valence-electron chi connectivity index (χ0n) is 14.4. The number of aromatic nitrogens is 2. The van der Waals surface area contributed by atoms with Crippen molar-refractivity contribution in [3.8, 4) is 21.3 Å². The quantitative estimate of drug-likeness (QED) is 0.657. The number of nitrogens with zero attached hydrogens (tertiary/aromatic N) is 2. The smallest absolute Gasteiger partial charge is 0.356 e. The van der Waals surface area contributed by atoms with E-state index in [0.29, 0.717) is 15.7 Å². The lowest BCUT2D eigenvalue weighted by molar-refractivity contribution is 0.0519. The summed E-state index contributed by atoms with van der Waals surface area (Å²) in [4.78, 5) is 29.2. The molecule has 1 aliphatic rings.